The van der Waals surface area contributed by atoms with Crippen LogP contribution in [0.4, 0.5) is 0 Å². The Labute approximate surface area is 107 Å². The molecule has 0 fully saturated rings. The van der Waals surface area contributed by atoms with E-state index >= 15 is 0 Å². The van der Waals surface area contributed by atoms with Crippen LogP contribution in [0.2, 0.25) is 4.34 Å². The smallest absolute Gasteiger partial charge is 0.0931 e. The molecule has 0 aromatic carbocycles. The molecule has 0 saturated heterocycles. The minimum absolute atomic E-state index is 0.753. The van der Waals surface area contributed by atoms with Gasteiger partial charge >= 0.3 is 0 Å². The lowest BCUT2D eigenvalue weighted by Crippen LogP contribution is -2.15. The van der Waals surface area contributed by atoms with Crippen LogP contribution in [-0.4, -0.2) is 13.1 Å². The van der Waals surface area contributed by atoms with E-state index in [1.807, 2.05) is 6.07 Å². The van der Waals surface area contributed by atoms with E-state index < -0.39 is 0 Å². The summed E-state index contributed by atoms with van der Waals surface area (Å²) in [5.74, 6) is 0.753. The number of hydrogen-bond acceptors (Lipinski definition) is 3. The van der Waals surface area contributed by atoms with Crippen molar-refractivity contribution in [1.29, 1.82) is 0 Å². The van der Waals surface area contributed by atoms with Gasteiger partial charge in [0.1, 0.15) is 0 Å². The summed E-state index contributed by atoms with van der Waals surface area (Å²) >= 11 is 7.50. The van der Waals surface area contributed by atoms with E-state index in [0.29, 0.717) is 0 Å². The average Bonchev–Trinajstić information content (AvgIpc) is 2.64. The molecule has 1 heterocycles. The largest absolute Gasteiger partial charge is 0.330 e. The summed E-state index contributed by atoms with van der Waals surface area (Å²) in [6, 6.07) is 4.03. The maximum absolute atomic E-state index is 5.86. The molecule has 0 spiro atoms. The molecule has 16 heavy (non-hydrogen) atoms. The predicted octanol–water partition coefficient (Wildman–Crippen LogP) is 3.26. The number of nitrogens with two attached hydrogens (primary N) is 1. The second-order valence-electron chi connectivity index (χ2n) is 4.21. The Kier molecular flexibility index (Phi) is 7.05. The van der Waals surface area contributed by atoms with Crippen molar-refractivity contribution in [3.8, 4) is 0 Å². The van der Waals surface area contributed by atoms with Crippen LogP contribution >= 0.6 is 22.9 Å². The van der Waals surface area contributed by atoms with E-state index in [4.69, 9.17) is 17.3 Å². The highest BCUT2D eigenvalue weighted by Gasteiger charge is 2.00. The fourth-order valence-electron chi connectivity index (χ4n) is 1.66. The molecule has 4 heteroatoms. The molecular formula is C12H21ClN2S. The summed E-state index contributed by atoms with van der Waals surface area (Å²) in [5.41, 5.74) is 5.51. The molecule has 0 amide bonds. The van der Waals surface area contributed by atoms with Crippen molar-refractivity contribution in [2.45, 2.75) is 32.7 Å². The zero-order valence-corrected chi connectivity index (χ0v) is 11.4. The molecule has 2 nitrogen and oxygen atoms in total. The Bertz CT molecular complexity index is 288. The van der Waals surface area contributed by atoms with Crippen molar-refractivity contribution < 1.29 is 0 Å². The number of nitrogens with one attached hydrogen (secondary N) is 1. The standard InChI is InChI=1S/C12H21ClN2S/c1-10(6-7-14)3-2-8-15-9-11-4-5-12(13)16-11/h4-5,10,15H,2-3,6-9,14H2,1H3. The van der Waals surface area contributed by atoms with Crippen molar-refractivity contribution in [2.75, 3.05) is 13.1 Å². The molecule has 1 unspecified atom stereocenters. The van der Waals surface area contributed by atoms with Gasteiger partial charge in [-0.25, -0.2) is 0 Å². The SMILES string of the molecule is CC(CCN)CCCNCc1ccc(Cl)s1. The van der Waals surface area contributed by atoms with Gasteiger partial charge in [-0.2, -0.15) is 0 Å². The predicted molar refractivity (Wildman–Crippen MR) is 73.1 cm³/mol. The van der Waals surface area contributed by atoms with Crippen LogP contribution in [0.5, 0.6) is 0 Å². The van der Waals surface area contributed by atoms with Gasteiger partial charge in [-0.1, -0.05) is 18.5 Å². The molecule has 0 saturated carbocycles. The normalized spacial score (nSPS) is 12.9. The number of thiophene rings is 1. The van der Waals surface area contributed by atoms with Gasteiger partial charge < -0.3 is 11.1 Å². The molecule has 1 atom stereocenters. The maximum Gasteiger partial charge on any atom is 0.0931 e. The Morgan fingerprint density at radius 2 is 2.25 bits per heavy atom. The summed E-state index contributed by atoms with van der Waals surface area (Å²) in [7, 11) is 0. The third kappa shape index (κ3) is 5.85. The van der Waals surface area contributed by atoms with E-state index in [2.05, 4.69) is 18.3 Å². The first kappa shape index (κ1) is 14.0. The fraction of sp³-hybridized carbons (Fsp3) is 0.667. The van der Waals surface area contributed by atoms with Crippen LogP contribution in [-0.2, 0) is 6.54 Å². The third-order valence-corrected chi connectivity index (χ3v) is 3.87. The first-order valence-electron chi connectivity index (χ1n) is 5.87. The van der Waals surface area contributed by atoms with Gasteiger partial charge in [0.15, 0.2) is 0 Å². The summed E-state index contributed by atoms with van der Waals surface area (Å²) in [5, 5.41) is 3.43. The van der Waals surface area contributed by atoms with E-state index in [0.717, 1.165) is 36.3 Å². The van der Waals surface area contributed by atoms with Crippen LogP contribution in [0.15, 0.2) is 12.1 Å². The quantitative estimate of drug-likeness (QED) is 0.704. The zero-order valence-electron chi connectivity index (χ0n) is 9.84. The van der Waals surface area contributed by atoms with Crippen LogP contribution in [0.25, 0.3) is 0 Å². The number of hydrogen-bond donors (Lipinski definition) is 2. The molecule has 0 bridgehead atoms. The zero-order chi connectivity index (χ0) is 11.8. The topological polar surface area (TPSA) is 38.0 Å². The summed E-state index contributed by atoms with van der Waals surface area (Å²) in [6.07, 6.45) is 3.62. The number of halogens is 1. The summed E-state index contributed by atoms with van der Waals surface area (Å²) < 4.78 is 0.869. The molecule has 3 N–H and O–H groups in total. The van der Waals surface area contributed by atoms with Crippen molar-refractivity contribution in [3.63, 3.8) is 0 Å². The van der Waals surface area contributed by atoms with Crippen molar-refractivity contribution in [3.05, 3.63) is 21.3 Å². The molecular weight excluding hydrogens is 240 g/mol. The van der Waals surface area contributed by atoms with Crippen LogP contribution in [0, 0.1) is 5.92 Å². The van der Waals surface area contributed by atoms with Gasteiger partial charge in [0, 0.05) is 11.4 Å². The van der Waals surface area contributed by atoms with Crippen LogP contribution in [0.1, 0.15) is 31.1 Å². The molecule has 1 aromatic rings. The van der Waals surface area contributed by atoms with Gasteiger partial charge in [0.2, 0.25) is 0 Å². The van der Waals surface area contributed by atoms with E-state index in [1.54, 1.807) is 11.3 Å². The minimum Gasteiger partial charge on any atom is -0.330 e. The monoisotopic (exact) mass is 260 g/mol. The van der Waals surface area contributed by atoms with Crippen molar-refractivity contribution >= 4 is 22.9 Å². The first-order valence-corrected chi connectivity index (χ1v) is 7.07. The van der Waals surface area contributed by atoms with Crippen LogP contribution < -0.4 is 11.1 Å². The lowest BCUT2D eigenvalue weighted by Gasteiger charge is -2.09. The highest BCUT2D eigenvalue weighted by molar-refractivity contribution is 7.16. The van der Waals surface area contributed by atoms with E-state index in [1.165, 1.54) is 17.7 Å². The second-order valence-corrected chi connectivity index (χ2v) is 6.01. The Balaban J connectivity index is 2.00. The summed E-state index contributed by atoms with van der Waals surface area (Å²) in [4.78, 5) is 1.31. The highest BCUT2D eigenvalue weighted by atomic mass is 35.5. The van der Waals surface area contributed by atoms with Gasteiger partial charge in [-0.05, 0) is 50.4 Å². The fourth-order valence-corrected chi connectivity index (χ4v) is 2.72. The Hall–Kier alpha value is -0.0900. The second kappa shape index (κ2) is 8.07. The maximum atomic E-state index is 5.86. The molecule has 0 radical (unpaired) electrons. The van der Waals surface area contributed by atoms with Gasteiger partial charge in [-0.3, -0.25) is 0 Å². The number of rotatable bonds is 8. The van der Waals surface area contributed by atoms with Gasteiger partial charge in [-0.15, -0.1) is 11.3 Å². The molecule has 0 aliphatic carbocycles. The minimum atomic E-state index is 0.753. The van der Waals surface area contributed by atoms with E-state index in [-0.39, 0.29) is 0 Å². The molecule has 0 aliphatic heterocycles. The molecule has 1 rings (SSSR count). The summed E-state index contributed by atoms with van der Waals surface area (Å²) in [6.45, 7) is 5.08. The molecule has 0 aliphatic rings. The first-order chi connectivity index (χ1) is 7.72. The highest BCUT2D eigenvalue weighted by Crippen LogP contribution is 2.20. The Morgan fingerprint density at radius 3 is 2.88 bits per heavy atom. The van der Waals surface area contributed by atoms with E-state index in [9.17, 15) is 0 Å². The van der Waals surface area contributed by atoms with Crippen molar-refractivity contribution in [1.82, 2.24) is 5.32 Å². The third-order valence-electron chi connectivity index (χ3n) is 2.64. The van der Waals surface area contributed by atoms with Gasteiger partial charge in [0.05, 0.1) is 4.34 Å². The lowest BCUT2D eigenvalue weighted by molar-refractivity contribution is 0.469. The van der Waals surface area contributed by atoms with Crippen molar-refractivity contribution in [2.24, 2.45) is 11.7 Å². The Morgan fingerprint density at radius 1 is 1.44 bits per heavy atom. The average molecular weight is 261 g/mol. The molecule has 92 valence electrons. The van der Waals surface area contributed by atoms with Crippen LogP contribution in [0.3, 0.4) is 0 Å². The lowest BCUT2D eigenvalue weighted by atomic mass is 10.0. The van der Waals surface area contributed by atoms with Gasteiger partial charge in [0.25, 0.3) is 0 Å². The molecule has 1 aromatic heterocycles.